The summed E-state index contributed by atoms with van der Waals surface area (Å²) in [6.45, 7) is 5.40. The van der Waals surface area contributed by atoms with Gasteiger partial charge in [0, 0.05) is 19.2 Å². The van der Waals surface area contributed by atoms with Gasteiger partial charge in [-0.3, -0.25) is 0 Å². The second kappa shape index (κ2) is 2.82. The molecule has 0 bridgehead atoms. The van der Waals surface area contributed by atoms with Crippen molar-refractivity contribution in [2.45, 2.75) is 32.5 Å². The summed E-state index contributed by atoms with van der Waals surface area (Å²) in [6.07, 6.45) is 2.72. The summed E-state index contributed by atoms with van der Waals surface area (Å²) in [5, 5.41) is 0. The first kappa shape index (κ1) is 8.72. The Bertz CT molecular complexity index is 317. The predicted molar refractivity (Wildman–Crippen MR) is 49.2 cm³/mol. The number of hydrogen-bond donors (Lipinski definition) is 1. The van der Waals surface area contributed by atoms with E-state index in [1.807, 2.05) is 20.0 Å². The maximum Gasteiger partial charge on any atom is 0.121 e. The standard InChI is InChI=1S/C9H15N3O/c1-7-6-12-3-4-13-9(2,10)5-8(12)11-7/h6H,3-5,10H2,1-2H3. The van der Waals surface area contributed by atoms with Gasteiger partial charge in [-0.2, -0.15) is 0 Å². The zero-order chi connectivity index (χ0) is 9.47. The van der Waals surface area contributed by atoms with E-state index in [2.05, 4.69) is 9.55 Å². The highest BCUT2D eigenvalue weighted by Crippen LogP contribution is 2.16. The van der Waals surface area contributed by atoms with Gasteiger partial charge in [-0.05, 0) is 13.8 Å². The molecule has 0 amide bonds. The van der Waals surface area contributed by atoms with E-state index >= 15 is 0 Å². The molecule has 13 heavy (non-hydrogen) atoms. The molecular weight excluding hydrogens is 166 g/mol. The fourth-order valence-corrected chi connectivity index (χ4v) is 1.67. The summed E-state index contributed by atoms with van der Waals surface area (Å²) < 4.78 is 7.61. The molecule has 0 aromatic carbocycles. The number of imidazole rings is 1. The second-order valence-corrected chi connectivity index (χ2v) is 3.83. The third kappa shape index (κ3) is 1.73. The minimum atomic E-state index is -0.563. The van der Waals surface area contributed by atoms with E-state index in [-0.39, 0.29) is 0 Å². The van der Waals surface area contributed by atoms with Crippen molar-refractivity contribution in [3.05, 3.63) is 17.7 Å². The molecule has 72 valence electrons. The van der Waals surface area contributed by atoms with Gasteiger partial charge in [-0.25, -0.2) is 4.98 Å². The van der Waals surface area contributed by atoms with Crippen LogP contribution in [0.2, 0.25) is 0 Å². The van der Waals surface area contributed by atoms with Gasteiger partial charge in [-0.1, -0.05) is 0 Å². The van der Waals surface area contributed by atoms with Crippen LogP contribution >= 0.6 is 0 Å². The summed E-state index contributed by atoms with van der Waals surface area (Å²) in [5.74, 6) is 1.03. The Morgan fingerprint density at radius 1 is 1.69 bits per heavy atom. The largest absolute Gasteiger partial charge is 0.359 e. The predicted octanol–water partition coefficient (Wildman–Crippen LogP) is 0.439. The normalized spacial score (nSPS) is 28.2. The van der Waals surface area contributed by atoms with Crippen molar-refractivity contribution in [1.82, 2.24) is 9.55 Å². The van der Waals surface area contributed by atoms with Crippen LogP contribution in [0.4, 0.5) is 0 Å². The number of fused-ring (bicyclic) bond motifs is 1. The van der Waals surface area contributed by atoms with Crippen LogP contribution in [0.5, 0.6) is 0 Å². The quantitative estimate of drug-likeness (QED) is 0.632. The number of nitrogens with two attached hydrogens (primary N) is 1. The highest BCUT2D eigenvalue weighted by Gasteiger charge is 2.25. The van der Waals surface area contributed by atoms with Crippen molar-refractivity contribution in [2.75, 3.05) is 6.61 Å². The molecule has 1 aliphatic rings. The molecule has 0 saturated heterocycles. The van der Waals surface area contributed by atoms with Crippen LogP contribution in [0.1, 0.15) is 18.4 Å². The Labute approximate surface area is 77.7 Å². The lowest BCUT2D eigenvalue weighted by molar-refractivity contribution is -0.0223. The van der Waals surface area contributed by atoms with E-state index in [1.54, 1.807) is 0 Å². The average Bonchev–Trinajstić information content (AvgIpc) is 2.23. The van der Waals surface area contributed by atoms with E-state index < -0.39 is 5.72 Å². The number of nitrogens with zero attached hydrogens (tertiary/aromatic N) is 2. The molecule has 1 atom stereocenters. The minimum absolute atomic E-state index is 0.563. The molecule has 0 saturated carbocycles. The van der Waals surface area contributed by atoms with E-state index in [1.165, 1.54) is 0 Å². The molecule has 1 aromatic rings. The minimum Gasteiger partial charge on any atom is -0.359 e. The number of rotatable bonds is 0. The van der Waals surface area contributed by atoms with E-state index in [4.69, 9.17) is 10.5 Å². The molecule has 1 unspecified atom stereocenters. The van der Waals surface area contributed by atoms with Crippen LogP contribution in [0, 0.1) is 6.92 Å². The monoisotopic (exact) mass is 181 g/mol. The summed E-state index contributed by atoms with van der Waals surface area (Å²) in [6, 6.07) is 0. The summed E-state index contributed by atoms with van der Waals surface area (Å²) in [5.41, 5.74) is 6.41. The van der Waals surface area contributed by atoms with Crippen LogP contribution in [0.3, 0.4) is 0 Å². The molecule has 4 nitrogen and oxygen atoms in total. The highest BCUT2D eigenvalue weighted by atomic mass is 16.5. The molecule has 4 heteroatoms. The SMILES string of the molecule is Cc1cn2c(n1)CC(C)(N)OCC2. The van der Waals surface area contributed by atoms with Gasteiger partial charge in [-0.15, -0.1) is 0 Å². The summed E-state index contributed by atoms with van der Waals surface area (Å²) >= 11 is 0. The Balaban J connectivity index is 2.33. The lowest BCUT2D eigenvalue weighted by Crippen LogP contribution is -2.41. The van der Waals surface area contributed by atoms with Crippen molar-refractivity contribution < 1.29 is 4.74 Å². The van der Waals surface area contributed by atoms with Gasteiger partial charge in [0.1, 0.15) is 11.5 Å². The summed E-state index contributed by atoms with van der Waals surface area (Å²) in [4.78, 5) is 4.41. The van der Waals surface area contributed by atoms with Crippen molar-refractivity contribution in [1.29, 1.82) is 0 Å². The van der Waals surface area contributed by atoms with Gasteiger partial charge < -0.3 is 15.0 Å². The van der Waals surface area contributed by atoms with Crippen molar-refractivity contribution in [3.8, 4) is 0 Å². The smallest absolute Gasteiger partial charge is 0.121 e. The third-order valence-corrected chi connectivity index (χ3v) is 2.25. The van der Waals surface area contributed by atoms with Crippen LogP contribution < -0.4 is 5.73 Å². The Hall–Kier alpha value is -0.870. The molecule has 2 N–H and O–H groups in total. The van der Waals surface area contributed by atoms with E-state index in [0.29, 0.717) is 13.0 Å². The number of hydrogen-bond acceptors (Lipinski definition) is 3. The lowest BCUT2D eigenvalue weighted by atomic mass is 10.2. The fraction of sp³-hybridized carbons (Fsp3) is 0.667. The molecule has 0 aliphatic carbocycles. The molecular formula is C9H15N3O. The number of aryl methyl sites for hydroxylation is 1. The average molecular weight is 181 g/mol. The Morgan fingerprint density at radius 3 is 3.23 bits per heavy atom. The number of aromatic nitrogens is 2. The second-order valence-electron chi connectivity index (χ2n) is 3.83. The first-order valence-electron chi connectivity index (χ1n) is 4.52. The van der Waals surface area contributed by atoms with Crippen molar-refractivity contribution in [3.63, 3.8) is 0 Å². The van der Waals surface area contributed by atoms with Crippen LogP contribution in [-0.2, 0) is 17.7 Å². The Morgan fingerprint density at radius 2 is 2.46 bits per heavy atom. The molecule has 1 aromatic heterocycles. The molecule has 0 spiro atoms. The first-order chi connectivity index (χ1) is 6.07. The molecule has 1 aliphatic heterocycles. The highest BCUT2D eigenvalue weighted by molar-refractivity contribution is 5.05. The zero-order valence-corrected chi connectivity index (χ0v) is 8.08. The van der Waals surface area contributed by atoms with Crippen molar-refractivity contribution in [2.24, 2.45) is 5.73 Å². The van der Waals surface area contributed by atoms with E-state index in [0.717, 1.165) is 18.1 Å². The van der Waals surface area contributed by atoms with Crippen LogP contribution in [-0.4, -0.2) is 21.9 Å². The van der Waals surface area contributed by atoms with E-state index in [9.17, 15) is 0 Å². The van der Waals surface area contributed by atoms with Gasteiger partial charge in [0.2, 0.25) is 0 Å². The maximum atomic E-state index is 5.93. The van der Waals surface area contributed by atoms with Crippen LogP contribution in [0.15, 0.2) is 6.20 Å². The maximum absolute atomic E-state index is 5.93. The lowest BCUT2D eigenvalue weighted by Gasteiger charge is -2.21. The number of ether oxygens (including phenoxy) is 1. The van der Waals surface area contributed by atoms with Crippen molar-refractivity contribution >= 4 is 0 Å². The topological polar surface area (TPSA) is 53.1 Å². The third-order valence-electron chi connectivity index (χ3n) is 2.25. The van der Waals surface area contributed by atoms with Crippen LogP contribution in [0.25, 0.3) is 0 Å². The first-order valence-corrected chi connectivity index (χ1v) is 4.52. The fourth-order valence-electron chi connectivity index (χ4n) is 1.67. The van der Waals surface area contributed by atoms with Gasteiger partial charge in [0.25, 0.3) is 0 Å². The molecule has 2 rings (SSSR count). The molecule has 2 heterocycles. The molecule has 0 fully saturated rings. The molecule has 0 radical (unpaired) electrons. The van der Waals surface area contributed by atoms with Gasteiger partial charge >= 0.3 is 0 Å². The summed E-state index contributed by atoms with van der Waals surface area (Å²) in [7, 11) is 0. The Kier molecular flexibility index (Phi) is 1.89. The van der Waals surface area contributed by atoms with Gasteiger partial charge in [0.15, 0.2) is 0 Å². The zero-order valence-electron chi connectivity index (χ0n) is 8.08. The van der Waals surface area contributed by atoms with Gasteiger partial charge in [0.05, 0.1) is 12.3 Å².